The number of urea groups is 1. The van der Waals surface area contributed by atoms with Gasteiger partial charge in [0.15, 0.2) is 0 Å². The first kappa shape index (κ1) is 36.2. The summed E-state index contributed by atoms with van der Waals surface area (Å²) < 4.78 is 98.5. The summed E-state index contributed by atoms with van der Waals surface area (Å²) in [4.78, 5) is 49.2. The van der Waals surface area contributed by atoms with Gasteiger partial charge in [-0.05, 0) is 25.7 Å². The number of rotatable bonds is 7. The Kier molecular flexibility index (Phi) is 12.3. The molecule has 0 aromatic rings. The van der Waals surface area contributed by atoms with Crippen LogP contribution in [-0.2, 0) is 33.9 Å². The Bertz CT molecular complexity index is 1100. The van der Waals surface area contributed by atoms with E-state index in [4.69, 9.17) is 29.2 Å². The summed E-state index contributed by atoms with van der Waals surface area (Å²) in [6, 6.07) is -1.58. The van der Waals surface area contributed by atoms with Gasteiger partial charge in [0, 0.05) is 38.3 Å². The van der Waals surface area contributed by atoms with Crippen LogP contribution in [-0.4, -0.2) is 131 Å². The molecule has 43 heavy (non-hydrogen) atoms. The van der Waals surface area contributed by atoms with Gasteiger partial charge in [-0.1, -0.05) is 0 Å². The zero-order valence-corrected chi connectivity index (χ0v) is 22.6. The topological polar surface area (TPSA) is 227 Å². The van der Waals surface area contributed by atoms with Crippen LogP contribution in [0.5, 0.6) is 0 Å². The number of aliphatic carboxylic acids is 2. The van der Waals surface area contributed by atoms with Crippen molar-refractivity contribution in [1.29, 1.82) is 0 Å². The van der Waals surface area contributed by atoms with Gasteiger partial charge in [0.05, 0.1) is 12.6 Å². The summed E-state index contributed by atoms with van der Waals surface area (Å²) in [7, 11) is -4.81. The van der Waals surface area contributed by atoms with E-state index in [-0.39, 0.29) is 12.6 Å². The van der Waals surface area contributed by atoms with Crippen molar-refractivity contribution in [3.8, 4) is 0 Å². The number of fused-ring (bicyclic) bond motifs is 2. The number of carbonyl (C=O) groups excluding carboxylic acids is 2. The fourth-order valence-electron chi connectivity index (χ4n) is 4.41. The van der Waals surface area contributed by atoms with Gasteiger partial charge in [-0.15, -0.1) is 4.28 Å². The minimum absolute atomic E-state index is 0.116. The number of hydrazine groups is 1. The summed E-state index contributed by atoms with van der Waals surface area (Å²) in [5, 5.41) is 20.5. The SMILES string of the molecule is O=C(NOC[C@@H]1C[C@@H](N2CCCN2)CN1)[C@@H]1CC[C@@H]2CN1C(=O)N2OS(=O)(=O)O.O=C(O)C(F)(F)F.O=C(O)C(F)(F)F. The highest BCUT2D eigenvalue weighted by atomic mass is 32.3. The maximum absolute atomic E-state index is 12.5. The summed E-state index contributed by atoms with van der Waals surface area (Å²) in [5.41, 5.74) is 5.75. The Morgan fingerprint density at radius 1 is 1.02 bits per heavy atom. The number of hydrogen-bond acceptors (Lipinski definition) is 11. The van der Waals surface area contributed by atoms with Crippen molar-refractivity contribution in [2.45, 2.75) is 62.2 Å². The second kappa shape index (κ2) is 14.6. The molecular formula is C19H28F6N6O11S. The summed E-state index contributed by atoms with van der Waals surface area (Å²) in [6.45, 7) is 3.32. The van der Waals surface area contributed by atoms with E-state index in [1.807, 2.05) is 0 Å². The van der Waals surface area contributed by atoms with Gasteiger partial charge < -0.3 is 20.4 Å². The Labute approximate surface area is 238 Å². The van der Waals surface area contributed by atoms with Crippen molar-refractivity contribution < 1.29 is 77.8 Å². The van der Waals surface area contributed by atoms with Crippen LogP contribution in [0.4, 0.5) is 31.1 Å². The van der Waals surface area contributed by atoms with Crippen molar-refractivity contribution in [3.05, 3.63) is 0 Å². The van der Waals surface area contributed by atoms with Crippen LogP contribution < -0.4 is 16.2 Å². The number of piperidine rings is 1. The van der Waals surface area contributed by atoms with Gasteiger partial charge >= 0.3 is 40.7 Å². The van der Waals surface area contributed by atoms with E-state index < -0.39 is 58.7 Å². The predicted molar refractivity (Wildman–Crippen MR) is 124 cm³/mol. The minimum atomic E-state index is -5.08. The van der Waals surface area contributed by atoms with Crippen molar-refractivity contribution in [2.75, 3.05) is 32.8 Å². The molecule has 0 unspecified atom stereocenters. The summed E-state index contributed by atoms with van der Waals surface area (Å²) in [6.07, 6.45) is -7.43. The average molecular weight is 663 g/mol. The molecule has 0 aliphatic carbocycles. The Morgan fingerprint density at radius 3 is 2.09 bits per heavy atom. The zero-order valence-electron chi connectivity index (χ0n) is 21.8. The molecule has 0 radical (unpaired) electrons. The highest BCUT2D eigenvalue weighted by molar-refractivity contribution is 7.80. The molecule has 24 heteroatoms. The van der Waals surface area contributed by atoms with Crippen molar-refractivity contribution in [1.82, 2.24) is 31.2 Å². The molecule has 4 saturated heterocycles. The third kappa shape index (κ3) is 11.2. The molecule has 17 nitrogen and oxygen atoms in total. The zero-order chi connectivity index (χ0) is 32.8. The minimum Gasteiger partial charge on any atom is -0.475 e. The number of carboxylic acid groups (broad SMARTS) is 2. The second-order valence-corrected chi connectivity index (χ2v) is 10.3. The molecule has 248 valence electrons. The number of amides is 3. The molecule has 2 bridgehead atoms. The van der Waals surface area contributed by atoms with Crippen LogP contribution in [0.25, 0.3) is 0 Å². The van der Waals surface area contributed by atoms with Gasteiger partial charge in [0.25, 0.3) is 5.91 Å². The molecule has 0 spiro atoms. The third-order valence-corrected chi connectivity index (χ3v) is 6.62. The van der Waals surface area contributed by atoms with E-state index in [2.05, 4.69) is 25.5 Å². The molecule has 4 heterocycles. The average Bonchev–Trinajstić information content (AvgIpc) is 3.61. The molecular weight excluding hydrogens is 634 g/mol. The Morgan fingerprint density at radius 2 is 1.60 bits per heavy atom. The fraction of sp³-hybridized carbons (Fsp3) is 0.789. The molecule has 6 N–H and O–H groups in total. The largest absolute Gasteiger partial charge is 0.490 e. The standard InChI is InChI=1S/C15H26N6O7S.2C2HF3O2/c22-14(18-27-9-10-6-12(7-16-10)20-5-1-4-17-20)13-3-2-11-8-19(13)15(23)21(11)28-29(24,25)26;2*3-2(4,5)1(6)7/h10-13,16-17H,1-9H2,(H,18,22)(H,24,25,26);2*(H,6,7)/t10-,11+,12+,13-;;/m0../s1. The number of halogens is 6. The number of hydroxylamine groups is 3. The lowest BCUT2D eigenvalue weighted by molar-refractivity contribution is -0.193. The van der Waals surface area contributed by atoms with Crippen molar-refractivity contribution in [3.63, 3.8) is 0 Å². The van der Waals surface area contributed by atoms with Gasteiger partial charge in [-0.3, -0.25) is 19.6 Å². The monoisotopic (exact) mass is 662 g/mol. The smallest absolute Gasteiger partial charge is 0.475 e. The van der Waals surface area contributed by atoms with Crippen LogP contribution in [0.3, 0.4) is 0 Å². The number of nitrogens with one attached hydrogen (secondary N) is 3. The lowest BCUT2D eigenvalue weighted by atomic mass is 10.0. The first-order valence-corrected chi connectivity index (χ1v) is 13.6. The van der Waals surface area contributed by atoms with E-state index in [1.165, 1.54) is 4.90 Å². The molecule has 3 amide bonds. The normalized spacial score (nSPS) is 25.9. The molecule has 4 fully saturated rings. The van der Waals surface area contributed by atoms with Crippen molar-refractivity contribution in [2.24, 2.45) is 0 Å². The van der Waals surface area contributed by atoms with Gasteiger partial charge in [0.1, 0.15) is 6.04 Å². The number of carboxylic acids is 2. The van der Waals surface area contributed by atoms with Gasteiger partial charge in [0.2, 0.25) is 0 Å². The number of alkyl halides is 6. The lowest BCUT2D eigenvalue weighted by Gasteiger charge is -2.29. The molecule has 0 aromatic carbocycles. The van der Waals surface area contributed by atoms with Crippen LogP contribution in [0.1, 0.15) is 25.7 Å². The highest BCUT2D eigenvalue weighted by Gasteiger charge is 2.49. The van der Waals surface area contributed by atoms with E-state index in [1.54, 1.807) is 0 Å². The van der Waals surface area contributed by atoms with E-state index >= 15 is 0 Å². The molecule has 4 atom stereocenters. The summed E-state index contributed by atoms with van der Waals surface area (Å²) >= 11 is 0. The molecule has 4 aliphatic heterocycles. The number of carbonyl (C=O) groups is 4. The predicted octanol–water partition coefficient (Wildman–Crippen LogP) is -0.755. The Balaban J connectivity index is 0.000000384. The van der Waals surface area contributed by atoms with E-state index in [0.717, 1.165) is 32.5 Å². The van der Waals surface area contributed by atoms with Gasteiger partial charge in [-0.2, -0.15) is 39.8 Å². The van der Waals surface area contributed by atoms with Crippen LogP contribution in [0.15, 0.2) is 0 Å². The first-order valence-electron chi connectivity index (χ1n) is 12.2. The Hall–Kier alpha value is -3.03. The van der Waals surface area contributed by atoms with E-state index in [9.17, 15) is 44.3 Å². The fourth-order valence-corrected chi connectivity index (χ4v) is 4.80. The quantitative estimate of drug-likeness (QED) is 0.112. The number of hydrogen-bond donors (Lipinski definition) is 6. The first-order chi connectivity index (χ1) is 19.7. The molecule has 4 rings (SSSR count). The van der Waals surface area contributed by atoms with Crippen molar-refractivity contribution >= 4 is 34.3 Å². The van der Waals surface area contributed by atoms with Crippen LogP contribution in [0, 0.1) is 0 Å². The molecule has 0 saturated carbocycles. The molecule has 4 aliphatic rings. The van der Waals surface area contributed by atoms with Crippen LogP contribution >= 0.6 is 0 Å². The van der Waals surface area contributed by atoms with Crippen LogP contribution in [0.2, 0.25) is 0 Å². The molecule has 0 aromatic heterocycles. The second-order valence-electron chi connectivity index (χ2n) is 9.34. The third-order valence-electron chi connectivity index (χ3n) is 6.27. The maximum atomic E-state index is 12.5. The van der Waals surface area contributed by atoms with Gasteiger partial charge in [-0.25, -0.2) is 24.9 Å². The lowest BCUT2D eigenvalue weighted by Crippen LogP contribution is -2.50. The summed E-state index contributed by atoms with van der Waals surface area (Å²) in [5.74, 6) is -5.98. The maximum Gasteiger partial charge on any atom is 0.490 e. The van der Waals surface area contributed by atoms with E-state index in [0.29, 0.717) is 30.6 Å². The number of nitrogens with zero attached hydrogens (tertiary/aromatic N) is 3. The highest BCUT2D eigenvalue weighted by Crippen LogP contribution is 2.30.